The Morgan fingerprint density at radius 2 is 0.774 bits per heavy atom. The van der Waals surface area contributed by atoms with E-state index in [1.54, 1.807) is 187 Å². The Kier molecular flexibility index (Phi) is 28.2. The Balaban J connectivity index is 0.000000151. The number of rotatable bonds is 23. The number of nitrogens with two attached hydrogens (primary N) is 1. The molecule has 0 fully saturated rings. The summed E-state index contributed by atoms with van der Waals surface area (Å²) in [5.74, 6) is 0.516. The Bertz CT molecular complexity index is 6370. The second-order valence-corrected chi connectivity index (χ2v) is 28.7. The third-order valence-corrected chi connectivity index (χ3v) is 19.7. The van der Waals surface area contributed by atoms with Crippen molar-refractivity contribution in [1.29, 1.82) is 0 Å². The van der Waals surface area contributed by atoms with Crippen LogP contribution in [0.3, 0.4) is 0 Å². The highest BCUT2D eigenvalue weighted by molar-refractivity contribution is 6.30. The molecule has 4 aromatic heterocycles. The number of nitrogen functional groups attached to an aromatic ring is 1. The molecule has 0 aliphatic carbocycles. The number of anilines is 6. The van der Waals surface area contributed by atoms with Gasteiger partial charge in [0.1, 0.15) is 28.6 Å². The predicted molar refractivity (Wildman–Crippen MR) is 482 cm³/mol. The summed E-state index contributed by atoms with van der Waals surface area (Å²) in [6.07, 6.45) is 1.43. The summed E-state index contributed by atoms with van der Waals surface area (Å²) in [6, 6.07) is 81.3. The molecule has 4 heterocycles. The van der Waals surface area contributed by atoms with Gasteiger partial charge in [-0.05, 0) is 242 Å². The molecule has 0 atom stereocenters. The molecule has 0 aliphatic heterocycles. The minimum Gasteiger partial charge on any atom is -0.497 e. The smallest absolute Gasteiger partial charge is 0.296 e. The summed E-state index contributed by atoms with van der Waals surface area (Å²) in [5.41, 5.74) is 23.2. The van der Waals surface area contributed by atoms with E-state index in [1.807, 2.05) is 168 Å². The highest BCUT2D eigenvalue weighted by atomic mass is 35.5. The first-order chi connectivity index (χ1) is 59.8. The van der Waals surface area contributed by atoms with Gasteiger partial charge in [-0.1, -0.05) is 104 Å². The number of ether oxygens (including phenoxy) is 3. The van der Waals surface area contributed by atoms with E-state index in [0.717, 1.165) is 74.3 Å². The number of nitrogens with one attached hydrogen (secondary N) is 5. The van der Waals surface area contributed by atoms with Crippen LogP contribution in [-0.2, 0) is 12.8 Å². The van der Waals surface area contributed by atoms with E-state index >= 15 is 0 Å². The molecule has 0 spiro atoms. The van der Waals surface area contributed by atoms with Crippen LogP contribution in [0.4, 0.5) is 45.5 Å². The van der Waals surface area contributed by atoms with Crippen molar-refractivity contribution >= 4 is 86.6 Å². The summed E-state index contributed by atoms with van der Waals surface area (Å²) in [7, 11) is 4.70. The number of nitro groups is 2. The van der Waals surface area contributed by atoms with Gasteiger partial charge in [-0.25, -0.2) is 18.7 Å². The number of hydrogen-bond acceptors (Lipinski definition) is 17. The summed E-state index contributed by atoms with van der Waals surface area (Å²) < 4.78 is 22.1. The van der Waals surface area contributed by atoms with Crippen molar-refractivity contribution < 1.29 is 48.0 Å². The van der Waals surface area contributed by atoms with Crippen LogP contribution in [0.5, 0.6) is 17.2 Å². The number of aryl methyl sites for hydroxylation is 7. The zero-order valence-corrected chi connectivity index (χ0v) is 70.1. The Morgan fingerprint density at radius 3 is 1.21 bits per heavy atom. The quantitative estimate of drug-likeness (QED) is 0.0197. The maximum absolute atomic E-state index is 13.0. The van der Waals surface area contributed by atoms with Crippen LogP contribution in [0.1, 0.15) is 105 Å². The number of carbonyl (C=O) groups excluding carboxylic acids is 5. The minimum absolute atomic E-state index is 0.130. The van der Waals surface area contributed by atoms with Gasteiger partial charge in [0, 0.05) is 95.9 Å². The van der Waals surface area contributed by atoms with E-state index in [4.69, 9.17) is 36.6 Å². The zero-order chi connectivity index (χ0) is 88.3. The van der Waals surface area contributed by atoms with E-state index < -0.39 is 9.85 Å². The summed E-state index contributed by atoms with van der Waals surface area (Å²) in [6.45, 7) is 13.6. The number of carbonyl (C=O) groups is 5. The fourth-order valence-corrected chi connectivity index (χ4v) is 13.2. The van der Waals surface area contributed by atoms with Gasteiger partial charge in [0.05, 0.1) is 82.4 Å². The number of amides is 5. The maximum Gasteiger partial charge on any atom is 0.296 e. The monoisotopic (exact) mass is 1680 g/mol. The number of benzene rings is 11. The van der Waals surface area contributed by atoms with Gasteiger partial charge in [-0.15, -0.1) is 0 Å². The molecule has 0 unspecified atom stereocenters. The first-order valence-corrected chi connectivity index (χ1v) is 39.4. The number of nitrogens with zero attached hydrogens (tertiary/aromatic N) is 10. The van der Waals surface area contributed by atoms with Gasteiger partial charge >= 0.3 is 0 Å². The molecule has 5 amide bonds. The van der Waals surface area contributed by atoms with E-state index in [9.17, 15) is 44.2 Å². The molecular weight excluding hydrogens is 1590 g/mol. The number of nitro benzene ring substituents is 2. The molecule has 0 aliphatic rings. The average molecular weight is 1680 g/mol. The highest BCUT2D eigenvalue weighted by Gasteiger charge is 2.25. The van der Waals surface area contributed by atoms with Crippen molar-refractivity contribution in [3.8, 4) is 62.5 Å². The summed E-state index contributed by atoms with van der Waals surface area (Å²) >= 11 is 5.83. The average Bonchev–Trinajstić information content (AvgIpc) is 1.50. The molecule has 124 heavy (non-hydrogen) atoms. The van der Waals surface area contributed by atoms with E-state index in [1.165, 1.54) is 12.1 Å². The summed E-state index contributed by atoms with van der Waals surface area (Å²) in [4.78, 5) is 85.7. The van der Waals surface area contributed by atoms with E-state index in [-0.39, 0.29) is 40.9 Å². The standard InChI is InChI=1S/C27H26N4O3.C24H20N4O4.C24H22N4O2.C20H19ClN4O3/c1-17-5-7-20(8-6-17)27(33)29-24-16-22(11-14-25(24)31-19(3)15-18(2)30-31)28-26(32)21-9-12-23(34-4)13-10-21;1-16-14-22(17-6-4-3-5-7-17)27(26-16)21-13-10-19(15-23(21)28(30)31)25-24(29)18-8-11-20(32-2)12-9-18;1-16-14-22(17-6-4-3-5-7-17)27-28(16)23-13-10-19(15-21(23)25)26-24(29)18-8-11-20(30-2)12-9-18;1-3-15-11-17(4-2)24(23-15)18-10-9-16(12-19(18)25(27)28)22-20(26)13-5-7-14(21)8-6-13/h5-16H,1-4H3,(H,28,32)(H,29,33);3-15H,1-2H3,(H,25,29);3-15H,25H2,1-2H3,(H,26,29);5-12H,3-4H2,1-2H3,(H,22,26). The molecular formula is C95H87ClN16O12. The van der Waals surface area contributed by atoms with Crippen LogP contribution in [0.2, 0.25) is 5.02 Å². The van der Waals surface area contributed by atoms with Gasteiger partial charge in [0.25, 0.3) is 40.9 Å². The zero-order valence-electron chi connectivity index (χ0n) is 69.3. The van der Waals surface area contributed by atoms with Crippen LogP contribution in [0.15, 0.2) is 279 Å². The maximum atomic E-state index is 13.0. The van der Waals surface area contributed by atoms with Crippen LogP contribution in [0, 0.1) is 54.8 Å². The molecule has 0 saturated heterocycles. The number of hydrogen-bond donors (Lipinski definition) is 6. The van der Waals surface area contributed by atoms with Crippen molar-refractivity contribution in [3.05, 3.63) is 372 Å². The first kappa shape index (κ1) is 87.2. The fraction of sp³-hybridized carbons (Fsp3) is 0.126. The molecule has 7 N–H and O–H groups in total. The minimum atomic E-state index is -0.482. The largest absolute Gasteiger partial charge is 0.497 e. The number of methoxy groups -OCH3 is 3. The Labute approximate surface area is 719 Å². The summed E-state index contributed by atoms with van der Waals surface area (Å²) in [5, 5.41) is 56.4. The lowest BCUT2D eigenvalue weighted by Gasteiger charge is -2.15. The van der Waals surface area contributed by atoms with Crippen molar-refractivity contribution in [2.45, 2.75) is 61.3 Å². The molecule has 11 aromatic carbocycles. The lowest BCUT2D eigenvalue weighted by Crippen LogP contribution is -2.16. The molecule has 626 valence electrons. The van der Waals surface area contributed by atoms with Gasteiger partial charge in [-0.2, -0.15) is 20.4 Å². The molecule has 15 rings (SSSR count). The molecule has 28 nitrogen and oxygen atoms in total. The highest BCUT2D eigenvalue weighted by Crippen LogP contribution is 2.35. The SMILES string of the molecule is CCc1cc(CC)n(-c2ccc(NC(=O)c3ccc(Cl)cc3)cc2[N+](=O)[O-])n1.COc1ccc(C(=O)Nc2ccc(-n3nc(-c4ccccc4)cc3C)c(N)c2)cc1.COc1ccc(C(=O)Nc2ccc(-n3nc(C)cc3-c3ccccc3)c([N+](=O)[O-])c2)cc1.COc1ccc(C(=O)Nc2ccc(-n3nc(C)cc3C)c(NC(=O)c3ccc(C)cc3)c2)cc1. The molecule has 0 saturated carbocycles. The van der Waals surface area contributed by atoms with Gasteiger partial charge in [0.2, 0.25) is 0 Å². The predicted octanol–water partition coefficient (Wildman–Crippen LogP) is 19.8. The third kappa shape index (κ3) is 21.7. The van der Waals surface area contributed by atoms with Crippen LogP contribution < -0.4 is 46.5 Å². The second kappa shape index (κ2) is 40.1. The number of halogens is 1. The first-order valence-electron chi connectivity index (χ1n) is 39.1. The lowest BCUT2D eigenvalue weighted by atomic mass is 10.1. The topological polar surface area (TPSA) is 357 Å². The lowest BCUT2D eigenvalue weighted by molar-refractivity contribution is -0.384. The molecule has 0 bridgehead atoms. The third-order valence-electron chi connectivity index (χ3n) is 19.5. The van der Waals surface area contributed by atoms with Crippen LogP contribution in [-0.4, -0.2) is 99.8 Å². The van der Waals surface area contributed by atoms with Crippen molar-refractivity contribution in [3.63, 3.8) is 0 Å². The molecule has 15 aromatic rings. The van der Waals surface area contributed by atoms with Crippen molar-refractivity contribution in [2.24, 2.45) is 0 Å². The van der Waals surface area contributed by atoms with Crippen molar-refractivity contribution in [2.75, 3.05) is 53.6 Å². The van der Waals surface area contributed by atoms with E-state index in [2.05, 4.69) is 41.9 Å². The Hall–Kier alpha value is -16.1. The molecule has 29 heteroatoms. The van der Waals surface area contributed by atoms with Crippen LogP contribution >= 0.6 is 11.6 Å². The normalized spacial score (nSPS) is 10.6. The van der Waals surface area contributed by atoms with Gasteiger partial charge in [-0.3, -0.25) is 44.2 Å². The Morgan fingerprint density at radius 1 is 0.387 bits per heavy atom. The number of aromatic nitrogens is 8. The fourth-order valence-electron chi connectivity index (χ4n) is 13.1. The van der Waals surface area contributed by atoms with Gasteiger partial charge < -0.3 is 46.5 Å². The second-order valence-electron chi connectivity index (χ2n) is 28.2. The van der Waals surface area contributed by atoms with Crippen molar-refractivity contribution in [1.82, 2.24) is 39.1 Å². The van der Waals surface area contributed by atoms with Crippen LogP contribution in [0.25, 0.3) is 45.3 Å². The van der Waals surface area contributed by atoms with Gasteiger partial charge in [0.15, 0.2) is 0 Å². The molecule has 0 radical (unpaired) electrons. The van der Waals surface area contributed by atoms with E-state index in [0.29, 0.717) is 108 Å².